The average Bonchev–Trinajstić information content (AvgIpc) is 2.64. The van der Waals surface area contributed by atoms with Gasteiger partial charge in [-0.25, -0.2) is 0 Å². The van der Waals surface area contributed by atoms with E-state index in [2.05, 4.69) is 24.1 Å². The minimum absolute atomic E-state index is 0.126. The minimum Gasteiger partial charge on any atom is -0.497 e. The molecule has 0 amide bonds. The van der Waals surface area contributed by atoms with Gasteiger partial charge in [-0.2, -0.15) is 0 Å². The van der Waals surface area contributed by atoms with Crippen LogP contribution in [-0.2, 0) is 6.42 Å². The summed E-state index contributed by atoms with van der Waals surface area (Å²) in [7, 11) is 3.94. The highest BCUT2D eigenvalue weighted by molar-refractivity contribution is 5.42. The molecular formula is C15H22N2O. The Balaban J connectivity index is 1.81. The topological polar surface area (TPSA) is 38.5 Å². The van der Waals surface area contributed by atoms with E-state index in [1.807, 2.05) is 6.07 Å². The molecule has 2 unspecified atom stereocenters. The molecule has 0 heterocycles. The molecule has 2 aliphatic carbocycles. The molecule has 18 heavy (non-hydrogen) atoms. The van der Waals surface area contributed by atoms with Crippen LogP contribution in [-0.4, -0.2) is 31.1 Å². The summed E-state index contributed by atoms with van der Waals surface area (Å²) in [5, 5.41) is 0. The fourth-order valence-electron chi connectivity index (χ4n) is 3.22. The third-order valence-corrected chi connectivity index (χ3v) is 4.73. The van der Waals surface area contributed by atoms with Crippen molar-refractivity contribution in [3.8, 4) is 5.75 Å². The lowest BCUT2D eigenvalue weighted by Crippen LogP contribution is -2.47. The Morgan fingerprint density at radius 2 is 2.11 bits per heavy atom. The maximum Gasteiger partial charge on any atom is 0.119 e. The van der Waals surface area contributed by atoms with Crippen molar-refractivity contribution < 1.29 is 4.74 Å². The van der Waals surface area contributed by atoms with Gasteiger partial charge in [0.15, 0.2) is 0 Å². The predicted octanol–water partition coefficient (Wildman–Crippen LogP) is 2.10. The van der Waals surface area contributed by atoms with Crippen molar-refractivity contribution >= 4 is 0 Å². The van der Waals surface area contributed by atoms with Crippen molar-refractivity contribution in [3.05, 3.63) is 29.3 Å². The molecule has 3 heteroatoms. The number of likely N-dealkylation sites (N-methyl/N-ethyl adjacent to an activating group) is 1. The van der Waals surface area contributed by atoms with E-state index in [0.29, 0.717) is 6.04 Å². The molecule has 0 radical (unpaired) electrons. The Bertz CT molecular complexity index is 442. The van der Waals surface area contributed by atoms with Crippen LogP contribution >= 0.6 is 0 Å². The molecular weight excluding hydrogens is 224 g/mol. The van der Waals surface area contributed by atoms with Crippen molar-refractivity contribution in [2.24, 2.45) is 5.73 Å². The predicted molar refractivity (Wildman–Crippen MR) is 72.8 cm³/mol. The minimum atomic E-state index is 0.126. The van der Waals surface area contributed by atoms with Gasteiger partial charge in [-0.3, -0.25) is 4.90 Å². The Hall–Kier alpha value is -1.06. The van der Waals surface area contributed by atoms with E-state index in [4.69, 9.17) is 10.5 Å². The zero-order chi connectivity index (χ0) is 12.7. The Morgan fingerprint density at radius 1 is 1.33 bits per heavy atom. The van der Waals surface area contributed by atoms with Crippen LogP contribution in [0.1, 0.15) is 36.4 Å². The summed E-state index contributed by atoms with van der Waals surface area (Å²) in [4.78, 5) is 2.50. The van der Waals surface area contributed by atoms with Crippen LogP contribution in [0.5, 0.6) is 5.75 Å². The first-order valence-corrected chi connectivity index (χ1v) is 6.85. The largest absolute Gasteiger partial charge is 0.497 e. The number of rotatable bonds is 3. The van der Waals surface area contributed by atoms with E-state index >= 15 is 0 Å². The first kappa shape index (κ1) is 12.0. The second-order valence-corrected chi connectivity index (χ2v) is 5.61. The van der Waals surface area contributed by atoms with Gasteiger partial charge in [0.05, 0.1) is 7.11 Å². The summed E-state index contributed by atoms with van der Waals surface area (Å²) in [6.45, 7) is 0. The molecule has 0 bridgehead atoms. The maximum absolute atomic E-state index is 6.43. The molecule has 2 aliphatic rings. The first-order valence-electron chi connectivity index (χ1n) is 6.85. The summed E-state index contributed by atoms with van der Waals surface area (Å²) >= 11 is 0. The zero-order valence-electron chi connectivity index (χ0n) is 11.2. The molecule has 0 aromatic heterocycles. The number of hydrogen-bond donors (Lipinski definition) is 1. The van der Waals surface area contributed by atoms with E-state index in [1.165, 1.54) is 30.4 Å². The Labute approximate surface area is 109 Å². The molecule has 2 N–H and O–H groups in total. The standard InChI is InChI=1S/C15H22N2O/c1-17(11-4-3-5-11)14-8-10-6-7-12(18-2)9-13(10)15(14)16/h6-7,9,11,14-15H,3-5,8,16H2,1-2H3. The van der Waals surface area contributed by atoms with E-state index in [1.54, 1.807) is 7.11 Å². The van der Waals surface area contributed by atoms with Crippen LogP contribution in [0.4, 0.5) is 0 Å². The van der Waals surface area contributed by atoms with Crippen LogP contribution in [0, 0.1) is 0 Å². The summed E-state index contributed by atoms with van der Waals surface area (Å²) in [6, 6.07) is 7.64. The van der Waals surface area contributed by atoms with Crippen LogP contribution in [0.3, 0.4) is 0 Å². The zero-order valence-corrected chi connectivity index (χ0v) is 11.2. The smallest absolute Gasteiger partial charge is 0.119 e. The number of benzene rings is 1. The molecule has 0 aliphatic heterocycles. The van der Waals surface area contributed by atoms with Gasteiger partial charge in [0.25, 0.3) is 0 Å². The fourth-order valence-corrected chi connectivity index (χ4v) is 3.22. The summed E-state index contributed by atoms with van der Waals surface area (Å²) in [6.07, 6.45) is 5.12. The SMILES string of the molecule is COc1ccc2c(c1)C(N)C(N(C)C1CCC1)C2. The second-order valence-electron chi connectivity index (χ2n) is 5.61. The van der Waals surface area contributed by atoms with Gasteiger partial charge in [-0.15, -0.1) is 0 Å². The first-order chi connectivity index (χ1) is 8.70. The molecule has 3 nitrogen and oxygen atoms in total. The summed E-state index contributed by atoms with van der Waals surface area (Å²) in [5.74, 6) is 0.913. The third-order valence-electron chi connectivity index (χ3n) is 4.73. The second kappa shape index (κ2) is 4.56. The maximum atomic E-state index is 6.43. The van der Waals surface area contributed by atoms with Gasteiger partial charge >= 0.3 is 0 Å². The lowest BCUT2D eigenvalue weighted by molar-refractivity contribution is 0.101. The monoisotopic (exact) mass is 246 g/mol. The fraction of sp³-hybridized carbons (Fsp3) is 0.600. The molecule has 1 aromatic rings. The number of nitrogens with zero attached hydrogens (tertiary/aromatic N) is 1. The molecule has 98 valence electrons. The Kier molecular flexibility index (Phi) is 3.04. The normalized spacial score (nSPS) is 27.1. The van der Waals surface area contributed by atoms with E-state index in [0.717, 1.165) is 18.2 Å². The van der Waals surface area contributed by atoms with Crippen molar-refractivity contribution in [2.75, 3.05) is 14.2 Å². The number of nitrogens with two attached hydrogens (primary N) is 1. The van der Waals surface area contributed by atoms with Gasteiger partial charge < -0.3 is 10.5 Å². The van der Waals surface area contributed by atoms with Crippen LogP contribution in [0.25, 0.3) is 0 Å². The molecule has 1 saturated carbocycles. The van der Waals surface area contributed by atoms with Gasteiger partial charge in [0.2, 0.25) is 0 Å². The highest BCUT2D eigenvalue weighted by Crippen LogP contribution is 2.37. The number of ether oxygens (including phenoxy) is 1. The Morgan fingerprint density at radius 3 is 2.72 bits per heavy atom. The number of fused-ring (bicyclic) bond motifs is 1. The summed E-state index contributed by atoms with van der Waals surface area (Å²) in [5.41, 5.74) is 9.09. The van der Waals surface area contributed by atoms with Crippen molar-refractivity contribution in [3.63, 3.8) is 0 Å². The third kappa shape index (κ3) is 1.82. The van der Waals surface area contributed by atoms with Gasteiger partial charge in [0, 0.05) is 18.1 Å². The van der Waals surface area contributed by atoms with Gasteiger partial charge in [-0.05, 0) is 49.6 Å². The van der Waals surface area contributed by atoms with Gasteiger partial charge in [0.1, 0.15) is 5.75 Å². The molecule has 1 aromatic carbocycles. The van der Waals surface area contributed by atoms with Crippen LogP contribution < -0.4 is 10.5 Å². The van der Waals surface area contributed by atoms with E-state index in [-0.39, 0.29) is 6.04 Å². The number of methoxy groups -OCH3 is 1. The van der Waals surface area contributed by atoms with Gasteiger partial charge in [-0.1, -0.05) is 12.5 Å². The molecule has 1 fully saturated rings. The van der Waals surface area contributed by atoms with Crippen molar-refractivity contribution in [2.45, 2.75) is 43.8 Å². The lowest BCUT2D eigenvalue weighted by atomic mass is 9.90. The highest BCUT2D eigenvalue weighted by atomic mass is 16.5. The van der Waals surface area contributed by atoms with E-state index in [9.17, 15) is 0 Å². The number of hydrogen-bond acceptors (Lipinski definition) is 3. The highest BCUT2D eigenvalue weighted by Gasteiger charge is 2.36. The van der Waals surface area contributed by atoms with E-state index < -0.39 is 0 Å². The quantitative estimate of drug-likeness (QED) is 0.887. The summed E-state index contributed by atoms with van der Waals surface area (Å²) < 4.78 is 5.29. The van der Waals surface area contributed by atoms with Crippen LogP contribution in [0.15, 0.2) is 18.2 Å². The molecule has 0 saturated heterocycles. The van der Waals surface area contributed by atoms with Crippen molar-refractivity contribution in [1.29, 1.82) is 0 Å². The molecule has 2 atom stereocenters. The molecule has 0 spiro atoms. The average molecular weight is 246 g/mol. The molecule has 3 rings (SSSR count). The van der Waals surface area contributed by atoms with Crippen LogP contribution in [0.2, 0.25) is 0 Å². The van der Waals surface area contributed by atoms with Crippen molar-refractivity contribution in [1.82, 2.24) is 4.90 Å². The lowest BCUT2D eigenvalue weighted by Gasteiger charge is -2.40.